The Balaban J connectivity index is 2.25. The van der Waals surface area contributed by atoms with Gasteiger partial charge in [0.2, 0.25) is 0 Å². The molecule has 0 saturated carbocycles. The topological polar surface area (TPSA) is 55.8 Å². The van der Waals surface area contributed by atoms with E-state index in [4.69, 9.17) is 26.2 Å². The standard InChI is InChI=1S/C15H12BrClO4/c1-20-13-7-10(15(18)19)6-12(17)14(13)21-8-9-3-2-4-11(16)5-9/h2-7H,8H2,1H3,(H,18,19). The number of carboxylic acids is 1. The van der Waals surface area contributed by atoms with Crippen LogP contribution in [0.4, 0.5) is 0 Å². The fourth-order valence-electron chi connectivity index (χ4n) is 1.77. The van der Waals surface area contributed by atoms with Gasteiger partial charge in [0.25, 0.3) is 0 Å². The van der Waals surface area contributed by atoms with Crippen molar-refractivity contribution in [2.24, 2.45) is 0 Å². The van der Waals surface area contributed by atoms with Crippen LogP contribution in [0.3, 0.4) is 0 Å². The van der Waals surface area contributed by atoms with Crippen molar-refractivity contribution in [1.29, 1.82) is 0 Å². The molecule has 0 radical (unpaired) electrons. The number of ether oxygens (including phenoxy) is 2. The van der Waals surface area contributed by atoms with Gasteiger partial charge in [0.1, 0.15) is 6.61 Å². The first kappa shape index (κ1) is 15.7. The molecule has 0 saturated heterocycles. The number of benzene rings is 2. The molecular formula is C15H12BrClO4. The molecule has 0 heterocycles. The SMILES string of the molecule is COc1cc(C(=O)O)cc(Cl)c1OCc1cccc(Br)c1. The normalized spacial score (nSPS) is 10.2. The zero-order valence-electron chi connectivity index (χ0n) is 11.1. The maximum atomic E-state index is 11.0. The number of carbonyl (C=O) groups is 1. The summed E-state index contributed by atoms with van der Waals surface area (Å²) >= 11 is 9.46. The second kappa shape index (κ2) is 6.83. The summed E-state index contributed by atoms with van der Waals surface area (Å²) in [5.41, 5.74) is 0.997. The van der Waals surface area contributed by atoms with Gasteiger partial charge in [0.05, 0.1) is 17.7 Å². The Morgan fingerprint density at radius 3 is 2.71 bits per heavy atom. The molecule has 0 bridgehead atoms. The van der Waals surface area contributed by atoms with Crippen molar-refractivity contribution in [3.63, 3.8) is 0 Å². The summed E-state index contributed by atoms with van der Waals surface area (Å²) in [6.07, 6.45) is 0. The molecule has 21 heavy (non-hydrogen) atoms. The third-order valence-corrected chi connectivity index (χ3v) is 3.52. The molecule has 0 aliphatic rings. The summed E-state index contributed by atoms with van der Waals surface area (Å²) in [6.45, 7) is 0.294. The molecule has 0 fully saturated rings. The van der Waals surface area contributed by atoms with Gasteiger partial charge in [-0.2, -0.15) is 0 Å². The number of halogens is 2. The highest BCUT2D eigenvalue weighted by atomic mass is 79.9. The Labute approximate surface area is 135 Å². The molecule has 0 unspecified atom stereocenters. The Bertz CT molecular complexity index is 673. The maximum absolute atomic E-state index is 11.0. The van der Waals surface area contributed by atoms with E-state index in [1.165, 1.54) is 19.2 Å². The zero-order chi connectivity index (χ0) is 15.4. The fourth-order valence-corrected chi connectivity index (χ4v) is 2.48. The van der Waals surface area contributed by atoms with Gasteiger partial charge in [-0.1, -0.05) is 39.7 Å². The van der Waals surface area contributed by atoms with E-state index in [2.05, 4.69) is 15.9 Å². The summed E-state index contributed by atoms with van der Waals surface area (Å²) in [5.74, 6) is -0.465. The van der Waals surface area contributed by atoms with Gasteiger partial charge in [-0.05, 0) is 29.8 Å². The van der Waals surface area contributed by atoms with E-state index < -0.39 is 5.97 Å². The first-order valence-corrected chi connectivity index (χ1v) is 7.16. The smallest absolute Gasteiger partial charge is 0.335 e. The number of rotatable bonds is 5. The van der Waals surface area contributed by atoms with Gasteiger partial charge in [-0.3, -0.25) is 0 Å². The molecule has 6 heteroatoms. The Kier molecular flexibility index (Phi) is 5.09. The van der Waals surface area contributed by atoms with Crippen LogP contribution in [-0.2, 0) is 6.61 Å². The number of methoxy groups -OCH3 is 1. The monoisotopic (exact) mass is 370 g/mol. The lowest BCUT2D eigenvalue weighted by atomic mass is 10.2. The van der Waals surface area contributed by atoms with Crippen LogP contribution in [0, 0.1) is 0 Å². The third-order valence-electron chi connectivity index (χ3n) is 2.75. The lowest BCUT2D eigenvalue weighted by Gasteiger charge is -2.13. The molecule has 1 N–H and O–H groups in total. The zero-order valence-corrected chi connectivity index (χ0v) is 13.4. The summed E-state index contributed by atoms with van der Waals surface area (Å²) < 4.78 is 11.8. The predicted molar refractivity (Wildman–Crippen MR) is 83.4 cm³/mol. The van der Waals surface area contributed by atoms with Crippen molar-refractivity contribution in [2.45, 2.75) is 6.61 Å². The minimum atomic E-state index is -1.08. The molecule has 0 spiro atoms. The second-order valence-electron chi connectivity index (χ2n) is 4.21. The van der Waals surface area contributed by atoms with Crippen molar-refractivity contribution in [1.82, 2.24) is 0 Å². The van der Waals surface area contributed by atoms with Crippen molar-refractivity contribution in [3.05, 3.63) is 57.0 Å². The van der Waals surface area contributed by atoms with Crippen LogP contribution in [-0.4, -0.2) is 18.2 Å². The van der Waals surface area contributed by atoms with Gasteiger partial charge < -0.3 is 14.6 Å². The van der Waals surface area contributed by atoms with Crippen molar-refractivity contribution >= 4 is 33.5 Å². The van der Waals surface area contributed by atoms with E-state index in [1.807, 2.05) is 24.3 Å². The van der Waals surface area contributed by atoms with E-state index in [-0.39, 0.29) is 16.3 Å². The van der Waals surface area contributed by atoms with E-state index in [9.17, 15) is 4.79 Å². The van der Waals surface area contributed by atoms with E-state index in [1.54, 1.807) is 0 Å². The highest BCUT2D eigenvalue weighted by Gasteiger charge is 2.15. The molecule has 110 valence electrons. The maximum Gasteiger partial charge on any atom is 0.335 e. The molecule has 4 nitrogen and oxygen atoms in total. The minimum absolute atomic E-state index is 0.0478. The van der Waals surface area contributed by atoms with E-state index in [0.29, 0.717) is 12.4 Å². The van der Waals surface area contributed by atoms with Crippen LogP contribution in [0.1, 0.15) is 15.9 Å². The summed E-state index contributed by atoms with van der Waals surface area (Å²) in [4.78, 5) is 11.0. The molecular weight excluding hydrogens is 360 g/mol. The largest absolute Gasteiger partial charge is 0.493 e. The minimum Gasteiger partial charge on any atom is -0.493 e. The third kappa shape index (κ3) is 3.89. The summed E-state index contributed by atoms with van der Waals surface area (Å²) in [6, 6.07) is 10.4. The number of aromatic carboxylic acids is 1. The van der Waals surface area contributed by atoms with Crippen LogP contribution in [0.5, 0.6) is 11.5 Å². The highest BCUT2D eigenvalue weighted by Crippen LogP contribution is 2.37. The Hall–Kier alpha value is -1.72. The summed E-state index contributed by atoms with van der Waals surface area (Å²) in [7, 11) is 1.43. The van der Waals surface area contributed by atoms with Crippen LogP contribution >= 0.6 is 27.5 Å². The summed E-state index contributed by atoms with van der Waals surface area (Å²) in [5, 5.41) is 9.19. The van der Waals surface area contributed by atoms with Crippen molar-refractivity contribution < 1.29 is 19.4 Å². The molecule has 0 atom stereocenters. The van der Waals surface area contributed by atoms with Gasteiger partial charge in [-0.25, -0.2) is 4.79 Å². The van der Waals surface area contributed by atoms with Crippen LogP contribution in [0.25, 0.3) is 0 Å². The van der Waals surface area contributed by atoms with Gasteiger partial charge in [0, 0.05) is 4.47 Å². The molecule has 0 aromatic heterocycles. The first-order valence-electron chi connectivity index (χ1n) is 5.99. The van der Waals surface area contributed by atoms with Gasteiger partial charge in [0.15, 0.2) is 11.5 Å². The number of hydrogen-bond acceptors (Lipinski definition) is 3. The molecule has 0 aliphatic carbocycles. The predicted octanol–water partition coefficient (Wildman–Crippen LogP) is 4.39. The first-order chi connectivity index (χ1) is 10.0. The van der Waals surface area contributed by atoms with Gasteiger partial charge in [-0.15, -0.1) is 0 Å². The van der Waals surface area contributed by atoms with E-state index >= 15 is 0 Å². The Morgan fingerprint density at radius 1 is 1.33 bits per heavy atom. The lowest BCUT2D eigenvalue weighted by molar-refractivity contribution is 0.0696. The van der Waals surface area contributed by atoms with Crippen molar-refractivity contribution in [2.75, 3.05) is 7.11 Å². The molecule has 0 amide bonds. The van der Waals surface area contributed by atoms with Crippen LogP contribution < -0.4 is 9.47 Å². The average molecular weight is 372 g/mol. The molecule has 2 rings (SSSR count). The van der Waals surface area contributed by atoms with Crippen LogP contribution in [0.15, 0.2) is 40.9 Å². The van der Waals surface area contributed by atoms with Crippen molar-refractivity contribution in [3.8, 4) is 11.5 Å². The van der Waals surface area contributed by atoms with E-state index in [0.717, 1.165) is 10.0 Å². The number of hydrogen-bond donors (Lipinski definition) is 1. The lowest BCUT2D eigenvalue weighted by Crippen LogP contribution is -2.02. The molecule has 0 aliphatic heterocycles. The molecule has 2 aromatic rings. The average Bonchev–Trinajstić information content (AvgIpc) is 2.45. The second-order valence-corrected chi connectivity index (χ2v) is 5.54. The highest BCUT2D eigenvalue weighted by molar-refractivity contribution is 9.10. The fraction of sp³-hybridized carbons (Fsp3) is 0.133. The molecule has 2 aromatic carbocycles. The number of carboxylic acid groups (broad SMARTS) is 1. The van der Waals surface area contributed by atoms with Gasteiger partial charge >= 0.3 is 5.97 Å². The quantitative estimate of drug-likeness (QED) is 0.847. The Morgan fingerprint density at radius 2 is 2.10 bits per heavy atom. The van der Waals surface area contributed by atoms with Crippen LogP contribution in [0.2, 0.25) is 5.02 Å².